The van der Waals surface area contributed by atoms with Crippen LogP contribution >= 0.6 is 23.2 Å². The second kappa shape index (κ2) is 5.99. The molecule has 1 amide bonds. The molecule has 0 aliphatic carbocycles. The van der Waals surface area contributed by atoms with Crippen LogP contribution in [0.1, 0.15) is 17.3 Å². The molecule has 0 radical (unpaired) electrons. The predicted octanol–water partition coefficient (Wildman–Crippen LogP) is 2.31. The summed E-state index contributed by atoms with van der Waals surface area (Å²) < 4.78 is 5.27. The number of carbonyl (C=O) groups excluding carboxylic acids is 1. The minimum atomic E-state index is -1.08. The molecule has 1 aliphatic heterocycles. The molecule has 108 valence electrons. The number of morpholine rings is 1. The minimum absolute atomic E-state index is 0.00262. The Kier molecular flexibility index (Phi) is 4.52. The molecule has 1 unspecified atom stereocenters. The lowest BCUT2D eigenvalue weighted by Crippen LogP contribution is -2.51. The minimum Gasteiger partial charge on any atom is -0.479 e. The summed E-state index contributed by atoms with van der Waals surface area (Å²) in [7, 11) is 0. The Labute approximate surface area is 126 Å². The number of amides is 1. The third-order valence-electron chi connectivity index (χ3n) is 2.93. The van der Waals surface area contributed by atoms with Crippen LogP contribution in [0.15, 0.2) is 18.2 Å². The van der Waals surface area contributed by atoms with Gasteiger partial charge in [0.05, 0.1) is 12.6 Å². The van der Waals surface area contributed by atoms with E-state index < -0.39 is 12.1 Å². The molecule has 1 aliphatic rings. The average Bonchev–Trinajstić information content (AvgIpc) is 2.35. The van der Waals surface area contributed by atoms with Crippen molar-refractivity contribution < 1.29 is 19.4 Å². The summed E-state index contributed by atoms with van der Waals surface area (Å²) in [5.74, 6) is -1.39. The summed E-state index contributed by atoms with van der Waals surface area (Å²) >= 11 is 11.7. The van der Waals surface area contributed by atoms with Crippen LogP contribution < -0.4 is 0 Å². The number of rotatable bonds is 2. The maximum absolute atomic E-state index is 12.4. The van der Waals surface area contributed by atoms with Gasteiger partial charge in [-0.25, -0.2) is 4.79 Å². The fourth-order valence-electron chi connectivity index (χ4n) is 2.11. The topological polar surface area (TPSA) is 66.8 Å². The first-order valence-electron chi connectivity index (χ1n) is 6.00. The molecule has 1 fully saturated rings. The molecule has 0 aromatic heterocycles. The highest BCUT2D eigenvalue weighted by molar-refractivity contribution is 6.35. The van der Waals surface area contributed by atoms with Gasteiger partial charge in [-0.05, 0) is 25.1 Å². The first-order chi connectivity index (χ1) is 9.36. The Morgan fingerprint density at radius 2 is 1.85 bits per heavy atom. The predicted molar refractivity (Wildman–Crippen MR) is 74.3 cm³/mol. The molecule has 1 N–H and O–H groups in total. The van der Waals surface area contributed by atoms with Crippen LogP contribution in [0.2, 0.25) is 10.0 Å². The van der Waals surface area contributed by atoms with Gasteiger partial charge in [0.2, 0.25) is 0 Å². The number of carboxylic acid groups (broad SMARTS) is 1. The molecule has 2 rings (SSSR count). The highest BCUT2D eigenvalue weighted by Gasteiger charge is 2.33. The third-order valence-corrected chi connectivity index (χ3v) is 3.37. The van der Waals surface area contributed by atoms with E-state index in [9.17, 15) is 9.59 Å². The maximum Gasteiger partial charge on any atom is 0.334 e. The molecule has 2 atom stereocenters. The van der Waals surface area contributed by atoms with Crippen molar-refractivity contribution in [2.75, 3.05) is 13.1 Å². The van der Waals surface area contributed by atoms with Crippen LogP contribution in [0, 0.1) is 0 Å². The Morgan fingerprint density at radius 3 is 2.40 bits per heavy atom. The first-order valence-corrected chi connectivity index (χ1v) is 6.76. The quantitative estimate of drug-likeness (QED) is 0.909. The molecule has 7 heteroatoms. The number of aliphatic carboxylic acids is 1. The third kappa shape index (κ3) is 3.42. The number of halogens is 2. The zero-order chi connectivity index (χ0) is 14.9. The van der Waals surface area contributed by atoms with Gasteiger partial charge < -0.3 is 14.7 Å². The maximum atomic E-state index is 12.4. The van der Waals surface area contributed by atoms with Crippen molar-refractivity contribution in [3.63, 3.8) is 0 Å². The molecule has 1 aromatic carbocycles. The van der Waals surface area contributed by atoms with Crippen molar-refractivity contribution in [3.8, 4) is 0 Å². The molecule has 1 heterocycles. The number of carbonyl (C=O) groups is 2. The molecule has 20 heavy (non-hydrogen) atoms. The van der Waals surface area contributed by atoms with Gasteiger partial charge in [0.15, 0.2) is 6.10 Å². The van der Waals surface area contributed by atoms with Crippen molar-refractivity contribution in [1.29, 1.82) is 0 Å². The van der Waals surface area contributed by atoms with E-state index in [1.54, 1.807) is 6.92 Å². The van der Waals surface area contributed by atoms with Crippen molar-refractivity contribution in [3.05, 3.63) is 33.8 Å². The van der Waals surface area contributed by atoms with Crippen molar-refractivity contribution in [1.82, 2.24) is 4.90 Å². The second-order valence-corrected chi connectivity index (χ2v) is 5.51. The summed E-state index contributed by atoms with van der Waals surface area (Å²) in [4.78, 5) is 24.8. The van der Waals surface area contributed by atoms with Crippen LogP contribution in [0.25, 0.3) is 0 Å². The van der Waals surface area contributed by atoms with Crippen molar-refractivity contribution in [2.24, 2.45) is 0 Å². The van der Waals surface area contributed by atoms with Crippen molar-refractivity contribution in [2.45, 2.75) is 19.1 Å². The first kappa shape index (κ1) is 15.1. The number of nitrogens with zero attached hydrogens (tertiary/aromatic N) is 1. The van der Waals surface area contributed by atoms with E-state index in [1.807, 2.05) is 0 Å². The van der Waals surface area contributed by atoms with E-state index in [0.717, 1.165) is 0 Å². The van der Waals surface area contributed by atoms with Crippen LogP contribution in [-0.2, 0) is 9.53 Å². The molecule has 5 nitrogen and oxygen atoms in total. The normalized spacial score (nSPS) is 22.6. The Hall–Kier alpha value is -1.30. The van der Waals surface area contributed by atoms with Gasteiger partial charge in [0.25, 0.3) is 5.91 Å². The Balaban J connectivity index is 2.21. The number of ether oxygens (including phenoxy) is 1. The summed E-state index contributed by atoms with van der Waals surface area (Å²) in [6.07, 6.45) is -1.36. The lowest BCUT2D eigenvalue weighted by molar-refractivity contribution is -0.160. The number of carboxylic acids is 1. The highest BCUT2D eigenvalue weighted by atomic mass is 35.5. The van der Waals surface area contributed by atoms with E-state index in [4.69, 9.17) is 33.0 Å². The molecule has 1 saturated heterocycles. The number of hydrogen-bond acceptors (Lipinski definition) is 3. The van der Waals surface area contributed by atoms with Crippen molar-refractivity contribution >= 4 is 35.1 Å². The zero-order valence-corrected chi connectivity index (χ0v) is 12.2. The van der Waals surface area contributed by atoms with E-state index in [-0.39, 0.29) is 18.6 Å². The lowest BCUT2D eigenvalue weighted by Gasteiger charge is -2.35. The van der Waals surface area contributed by atoms with Crippen LogP contribution in [0.4, 0.5) is 0 Å². The van der Waals surface area contributed by atoms with E-state index >= 15 is 0 Å². The Morgan fingerprint density at radius 1 is 1.25 bits per heavy atom. The van der Waals surface area contributed by atoms with Gasteiger partial charge in [-0.1, -0.05) is 23.2 Å². The van der Waals surface area contributed by atoms with Gasteiger partial charge >= 0.3 is 5.97 Å². The molecular formula is C13H13Cl2NO4. The Bertz CT molecular complexity index is 529. The van der Waals surface area contributed by atoms with Gasteiger partial charge in [-0.3, -0.25) is 4.79 Å². The second-order valence-electron chi connectivity index (χ2n) is 4.64. The van der Waals surface area contributed by atoms with Gasteiger partial charge in [-0.2, -0.15) is 0 Å². The largest absolute Gasteiger partial charge is 0.479 e. The number of hydrogen-bond donors (Lipinski definition) is 1. The van der Waals surface area contributed by atoms with Crippen LogP contribution in [0.3, 0.4) is 0 Å². The van der Waals surface area contributed by atoms with E-state index in [1.165, 1.54) is 23.1 Å². The van der Waals surface area contributed by atoms with Gasteiger partial charge in [0.1, 0.15) is 0 Å². The summed E-state index contributed by atoms with van der Waals surface area (Å²) in [5, 5.41) is 9.73. The summed E-state index contributed by atoms with van der Waals surface area (Å²) in [5.41, 5.74) is 0.334. The highest BCUT2D eigenvalue weighted by Crippen LogP contribution is 2.22. The lowest BCUT2D eigenvalue weighted by atomic mass is 10.1. The average molecular weight is 318 g/mol. The number of benzene rings is 1. The molecule has 1 aromatic rings. The van der Waals surface area contributed by atoms with Crippen LogP contribution in [-0.4, -0.2) is 47.2 Å². The van der Waals surface area contributed by atoms with Gasteiger partial charge in [-0.15, -0.1) is 0 Å². The standard InChI is InChI=1S/C13H13Cl2NO4/c1-7-5-16(6-11(20-7)13(18)19)12(17)8-2-9(14)4-10(15)3-8/h2-4,7,11H,5-6H2,1H3,(H,18,19)/t7-,11?/m1/s1. The fraction of sp³-hybridized carbons (Fsp3) is 0.385. The van der Waals surface area contributed by atoms with E-state index in [2.05, 4.69) is 0 Å². The fourth-order valence-corrected chi connectivity index (χ4v) is 2.64. The van der Waals surface area contributed by atoms with E-state index in [0.29, 0.717) is 22.2 Å². The molecule has 0 saturated carbocycles. The summed E-state index contributed by atoms with van der Waals surface area (Å²) in [6, 6.07) is 4.54. The van der Waals surface area contributed by atoms with Crippen LogP contribution in [0.5, 0.6) is 0 Å². The SMILES string of the molecule is C[C@@H]1CN(C(=O)c2cc(Cl)cc(Cl)c2)CC(C(=O)O)O1. The van der Waals surface area contributed by atoms with Gasteiger partial charge in [0, 0.05) is 22.2 Å². The zero-order valence-electron chi connectivity index (χ0n) is 10.7. The molecular weight excluding hydrogens is 305 g/mol. The molecule has 0 spiro atoms. The summed E-state index contributed by atoms with van der Waals surface area (Å²) in [6.45, 7) is 2.05. The molecule has 0 bridgehead atoms. The smallest absolute Gasteiger partial charge is 0.334 e. The monoisotopic (exact) mass is 317 g/mol.